The van der Waals surface area contributed by atoms with Crippen molar-refractivity contribution in [2.45, 2.75) is 33.2 Å². The van der Waals surface area contributed by atoms with E-state index in [0.717, 1.165) is 24.9 Å². The molecule has 0 heterocycles. The van der Waals surface area contributed by atoms with E-state index in [4.69, 9.17) is 5.11 Å². The molecule has 0 unspecified atom stereocenters. The van der Waals surface area contributed by atoms with Crippen LogP contribution in [-0.2, 0) is 6.54 Å². The van der Waals surface area contributed by atoms with Crippen LogP contribution in [0.15, 0.2) is 24.3 Å². The van der Waals surface area contributed by atoms with Crippen LogP contribution in [0, 0.1) is 5.92 Å². The lowest BCUT2D eigenvalue weighted by Gasteiger charge is -2.14. The summed E-state index contributed by atoms with van der Waals surface area (Å²) in [4.78, 5) is 11.0. The van der Waals surface area contributed by atoms with E-state index in [2.05, 4.69) is 19.2 Å². The number of carbonyl (C=O) groups is 1. The molecule has 0 atom stereocenters. The first-order valence-electron chi connectivity index (χ1n) is 6.20. The topological polar surface area (TPSA) is 49.3 Å². The van der Waals surface area contributed by atoms with E-state index in [0.29, 0.717) is 18.0 Å². The third kappa shape index (κ3) is 4.19. The zero-order chi connectivity index (χ0) is 12.7. The fourth-order valence-corrected chi connectivity index (χ4v) is 1.87. The summed E-state index contributed by atoms with van der Waals surface area (Å²) in [6.45, 7) is 5.93. The second-order valence-corrected chi connectivity index (χ2v) is 4.28. The molecule has 0 saturated carbocycles. The van der Waals surface area contributed by atoms with Gasteiger partial charge in [-0.3, -0.25) is 0 Å². The van der Waals surface area contributed by atoms with Crippen molar-refractivity contribution in [3.8, 4) is 0 Å². The van der Waals surface area contributed by atoms with Crippen LogP contribution in [0.2, 0.25) is 0 Å². The number of hydrogen-bond acceptors (Lipinski definition) is 2. The predicted molar refractivity (Wildman–Crippen MR) is 69.2 cm³/mol. The van der Waals surface area contributed by atoms with Crippen molar-refractivity contribution in [3.05, 3.63) is 35.4 Å². The van der Waals surface area contributed by atoms with Gasteiger partial charge in [0, 0.05) is 6.54 Å². The molecule has 0 bridgehead atoms. The lowest BCUT2D eigenvalue weighted by Crippen LogP contribution is -2.22. The van der Waals surface area contributed by atoms with Crippen LogP contribution in [-0.4, -0.2) is 17.6 Å². The maximum absolute atomic E-state index is 11.0. The minimum atomic E-state index is -0.857. The van der Waals surface area contributed by atoms with Crippen LogP contribution in [0.3, 0.4) is 0 Å². The molecule has 0 radical (unpaired) electrons. The maximum atomic E-state index is 11.0. The van der Waals surface area contributed by atoms with Gasteiger partial charge in [-0.2, -0.15) is 0 Å². The molecule has 1 rings (SSSR count). The van der Waals surface area contributed by atoms with E-state index in [1.165, 1.54) is 0 Å². The molecule has 2 N–H and O–H groups in total. The minimum absolute atomic E-state index is 0.393. The Morgan fingerprint density at radius 3 is 2.53 bits per heavy atom. The van der Waals surface area contributed by atoms with Crippen LogP contribution in [0.25, 0.3) is 0 Å². The average molecular weight is 235 g/mol. The Hall–Kier alpha value is -1.35. The molecule has 1 aromatic rings. The molecule has 0 saturated heterocycles. The highest BCUT2D eigenvalue weighted by Crippen LogP contribution is 2.10. The summed E-state index contributed by atoms with van der Waals surface area (Å²) in [5.74, 6) is -0.183. The third-order valence-electron chi connectivity index (χ3n) is 3.15. The van der Waals surface area contributed by atoms with Gasteiger partial charge in [-0.15, -0.1) is 0 Å². The van der Waals surface area contributed by atoms with Crippen LogP contribution < -0.4 is 5.32 Å². The Labute approximate surface area is 103 Å². The third-order valence-corrected chi connectivity index (χ3v) is 3.15. The van der Waals surface area contributed by atoms with Crippen molar-refractivity contribution < 1.29 is 9.90 Å². The molecule has 0 aliphatic rings. The fraction of sp³-hybridized carbons (Fsp3) is 0.500. The van der Waals surface area contributed by atoms with Crippen LogP contribution in [0.1, 0.15) is 42.6 Å². The quantitative estimate of drug-likeness (QED) is 0.764. The van der Waals surface area contributed by atoms with Crippen molar-refractivity contribution in [1.29, 1.82) is 0 Å². The molecule has 0 amide bonds. The van der Waals surface area contributed by atoms with Gasteiger partial charge < -0.3 is 10.4 Å². The summed E-state index contributed by atoms with van der Waals surface area (Å²) in [6.07, 6.45) is 2.31. The van der Waals surface area contributed by atoms with Crippen LogP contribution in [0.4, 0.5) is 0 Å². The molecule has 0 aromatic heterocycles. The molecule has 0 aliphatic carbocycles. The molecule has 0 fully saturated rings. The number of carboxylic acid groups (broad SMARTS) is 1. The molecule has 3 heteroatoms. The first kappa shape index (κ1) is 13.7. The summed E-state index contributed by atoms with van der Waals surface area (Å²) in [5.41, 5.74) is 1.25. The number of aromatic carboxylic acids is 1. The van der Waals surface area contributed by atoms with Gasteiger partial charge in [0.2, 0.25) is 0 Å². The second kappa shape index (κ2) is 7.07. The van der Waals surface area contributed by atoms with Gasteiger partial charge in [-0.1, -0.05) is 44.9 Å². The van der Waals surface area contributed by atoms with E-state index in [1.54, 1.807) is 12.1 Å². The van der Waals surface area contributed by atoms with Gasteiger partial charge in [-0.25, -0.2) is 4.79 Å². The molecular weight excluding hydrogens is 214 g/mol. The van der Waals surface area contributed by atoms with Crippen molar-refractivity contribution >= 4 is 5.97 Å². The van der Waals surface area contributed by atoms with Crippen molar-refractivity contribution in [2.24, 2.45) is 5.92 Å². The molecule has 0 aliphatic heterocycles. The number of hydrogen-bond donors (Lipinski definition) is 2. The SMILES string of the molecule is CCC(CC)CNCc1ccccc1C(=O)O. The van der Waals surface area contributed by atoms with Crippen molar-refractivity contribution in [3.63, 3.8) is 0 Å². The molecule has 17 heavy (non-hydrogen) atoms. The molecule has 1 aromatic carbocycles. The standard InChI is InChI=1S/C14H21NO2/c1-3-11(4-2)9-15-10-12-7-5-6-8-13(12)14(16)17/h5-8,11,15H,3-4,9-10H2,1-2H3,(H,16,17). The van der Waals surface area contributed by atoms with Gasteiger partial charge >= 0.3 is 5.97 Å². The van der Waals surface area contributed by atoms with E-state index in [1.807, 2.05) is 12.1 Å². The maximum Gasteiger partial charge on any atom is 0.336 e. The summed E-state index contributed by atoms with van der Waals surface area (Å²) >= 11 is 0. The van der Waals surface area contributed by atoms with E-state index in [-0.39, 0.29) is 0 Å². The Kier molecular flexibility index (Phi) is 5.70. The van der Waals surface area contributed by atoms with Crippen molar-refractivity contribution in [2.75, 3.05) is 6.54 Å². The second-order valence-electron chi connectivity index (χ2n) is 4.28. The highest BCUT2D eigenvalue weighted by atomic mass is 16.4. The van der Waals surface area contributed by atoms with Gasteiger partial charge in [0.05, 0.1) is 5.56 Å². The average Bonchev–Trinajstić information content (AvgIpc) is 2.35. The van der Waals surface area contributed by atoms with Gasteiger partial charge in [0.1, 0.15) is 0 Å². The Balaban J connectivity index is 2.54. The number of benzene rings is 1. The predicted octanol–water partition coefficient (Wildman–Crippen LogP) is 2.91. The monoisotopic (exact) mass is 235 g/mol. The van der Waals surface area contributed by atoms with E-state index < -0.39 is 5.97 Å². The van der Waals surface area contributed by atoms with Crippen molar-refractivity contribution in [1.82, 2.24) is 5.32 Å². The Morgan fingerprint density at radius 2 is 1.94 bits per heavy atom. The summed E-state index contributed by atoms with van der Waals surface area (Å²) in [7, 11) is 0. The highest BCUT2D eigenvalue weighted by Gasteiger charge is 2.09. The van der Waals surface area contributed by atoms with Crippen LogP contribution >= 0.6 is 0 Å². The molecule has 0 spiro atoms. The lowest BCUT2D eigenvalue weighted by molar-refractivity contribution is 0.0695. The highest BCUT2D eigenvalue weighted by molar-refractivity contribution is 5.89. The Morgan fingerprint density at radius 1 is 1.29 bits per heavy atom. The smallest absolute Gasteiger partial charge is 0.336 e. The molecular formula is C14H21NO2. The number of nitrogens with one attached hydrogen (secondary N) is 1. The lowest BCUT2D eigenvalue weighted by atomic mass is 10.0. The van der Waals surface area contributed by atoms with Gasteiger partial charge in [0.15, 0.2) is 0 Å². The summed E-state index contributed by atoms with van der Waals surface area (Å²) < 4.78 is 0. The first-order valence-corrected chi connectivity index (χ1v) is 6.20. The van der Waals surface area contributed by atoms with E-state index >= 15 is 0 Å². The zero-order valence-electron chi connectivity index (χ0n) is 10.6. The number of carboxylic acids is 1. The van der Waals surface area contributed by atoms with Gasteiger partial charge in [0.25, 0.3) is 0 Å². The van der Waals surface area contributed by atoms with Crippen LogP contribution in [0.5, 0.6) is 0 Å². The first-order chi connectivity index (χ1) is 8.19. The normalized spacial score (nSPS) is 10.8. The largest absolute Gasteiger partial charge is 0.478 e. The fourth-order valence-electron chi connectivity index (χ4n) is 1.87. The zero-order valence-corrected chi connectivity index (χ0v) is 10.6. The van der Waals surface area contributed by atoms with Gasteiger partial charge in [-0.05, 0) is 24.1 Å². The minimum Gasteiger partial charge on any atom is -0.478 e. The number of rotatable bonds is 7. The summed E-state index contributed by atoms with van der Waals surface area (Å²) in [6, 6.07) is 7.15. The van der Waals surface area contributed by atoms with E-state index in [9.17, 15) is 4.79 Å². The molecule has 94 valence electrons. The summed E-state index contributed by atoms with van der Waals surface area (Å²) in [5, 5.41) is 12.4. The molecule has 3 nitrogen and oxygen atoms in total. The Bertz CT molecular complexity index is 359.